The summed E-state index contributed by atoms with van der Waals surface area (Å²) in [7, 11) is 3.82. The molecular weight excluding hydrogens is 288 g/mol. The lowest BCUT2D eigenvalue weighted by Crippen LogP contribution is -2.40. The number of aliphatic imine (C=N–C) groups is 1. The van der Waals surface area contributed by atoms with Crippen molar-refractivity contribution in [1.29, 1.82) is 0 Å². The van der Waals surface area contributed by atoms with Crippen molar-refractivity contribution in [3.63, 3.8) is 0 Å². The first-order chi connectivity index (χ1) is 11.0. The molecule has 2 N–H and O–H groups in total. The molecule has 0 spiro atoms. The summed E-state index contributed by atoms with van der Waals surface area (Å²) >= 11 is 0. The Morgan fingerprint density at radius 3 is 2.74 bits per heavy atom. The van der Waals surface area contributed by atoms with E-state index in [2.05, 4.69) is 46.4 Å². The summed E-state index contributed by atoms with van der Waals surface area (Å²) in [6.45, 7) is 11.8. The number of hydrogen-bond acceptors (Lipinski definition) is 3. The van der Waals surface area contributed by atoms with Gasteiger partial charge in [0.1, 0.15) is 0 Å². The summed E-state index contributed by atoms with van der Waals surface area (Å²) in [5, 5.41) is 11.3. The van der Waals surface area contributed by atoms with Gasteiger partial charge >= 0.3 is 0 Å². The zero-order chi connectivity index (χ0) is 16.8. The van der Waals surface area contributed by atoms with Crippen LogP contribution in [-0.4, -0.2) is 53.9 Å². The molecule has 0 radical (unpaired) electrons. The molecule has 0 aliphatic carbocycles. The van der Waals surface area contributed by atoms with Crippen LogP contribution in [0.5, 0.6) is 0 Å². The van der Waals surface area contributed by atoms with Gasteiger partial charge in [0.05, 0.1) is 5.69 Å². The summed E-state index contributed by atoms with van der Waals surface area (Å²) in [6, 6.07) is 0. The largest absolute Gasteiger partial charge is 0.356 e. The zero-order valence-corrected chi connectivity index (χ0v) is 15.3. The molecule has 0 bridgehead atoms. The minimum absolute atomic E-state index is 0.724. The molecule has 0 amide bonds. The maximum absolute atomic E-state index is 4.46. The molecule has 1 saturated heterocycles. The van der Waals surface area contributed by atoms with Gasteiger partial charge in [-0.15, -0.1) is 0 Å². The topological polar surface area (TPSA) is 57.5 Å². The van der Waals surface area contributed by atoms with Crippen LogP contribution in [0.4, 0.5) is 0 Å². The highest BCUT2D eigenvalue weighted by atomic mass is 15.3. The molecule has 2 heterocycles. The minimum Gasteiger partial charge on any atom is -0.356 e. The molecule has 6 heteroatoms. The van der Waals surface area contributed by atoms with Gasteiger partial charge in [-0.05, 0) is 45.7 Å². The molecule has 0 saturated carbocycles. The second-order valence-corrected chi connectivity index (χ2v) is 6.53. The third-order valence-electron chi connectivity index (χ3n) is 4.78. The van der Waals surface area contributed by atoms with Gasteiger partial charge in [-0.2, -0.15) is 5.10 Å². The third kappa shape index (κ3) is 4.70. The van der Waals surface area contributed by atoms with Gasteiger partial charge in [-0.1, -0.05) is 6.92 Å². The molecule has 1 atom stereocenters. The third-order valence-corrected chi connectivity index (χ3v) is 4.78. The number of aromatic nitrogens is 2. The van der Waals surface area contributed by atoms with Crippen LogP contribution < -0.4 is 10.6 Å². The second-order valence-electron chi connectivity index (χ2n) is 6.53. The molecule has 1 aliphatic heterocycles. The maximum atomic E-state index is 4.46. The Hall–Kier alpha value is -1.56. The van der Waals surface area contributed by atoms with E-state index in [1.807, 2.05) is 18.8 Å². The summed E-state index contributed by atoms with van der Waals surface area (Å²) < 4.78 is 1.93. The van der Waals surface area contributed by atoms with Crippen molar-refractivity contribution in [2.75, 3.05) is 33.2 Å². The fraction of sp³-hybridized carbons (Fsp3) is 0.765. The monoisotopic (exact) mass is 320 g/mol. The van der Waals surface area contributed by atoms with Gasteiger partial charge in [0.15, 0.2) is 5.96 Å². The Labute approximate surface area is 140 Å². The van der Waals surface area contributed by atoms with Crippen LogP contribution >= 0.6 is 0 Å². The van der Waals surface area contributed by atoms with E-state index in [0.717, 1.165) is 30.7 Å². The van der Waals surface area contributed by atoms with E-state index in [4.69, 9.17) is 0 Å². The van der Waals surface area contributed by atoms with E-state index >= 15 is 0 Å². The van der Waals surface area contributed by atoms with Gasteiger partial charge in [-0.3, -0.25) is 9.67 Å². The lowest BCUT2D eigenvalue weighted by atomic mass is 10.1. The molecule has 23 heavy (non-hydrogen) atoms. The van der Waals surface area contributed by atoms with E-state index in [9.17, 15) is 0 Å². The highest BCUT2D eigenvalue weighted by Gasteiger charge is 2.21. The van der Waals surface area contributed by atoms with Crippen LogP contribution in [-0.2, 0) is 13.6 Å². The zero-order valence-electron chi connectivity index (χ0n) is 15.3. The number of hydrogen-bond donors (Lipinski definition) is 2. The summed E-state index contributed by atoms with van der Waals surface area (Å²) in [5.74, 6) is 1.60. The van der Waals surface area contributed by atoms with Crippen LogP contribution in [0.2, 0.25) is 0 Å². The Kier molecular flexibility index (Phi) is 6.45. The van der Waals surface area contributed by atoms with E-state index in [1.165, 1.54) is 43.7 Å². The molecule has 0 aromatic carbocycles. The van der Waals surface area contributed by atoms with Gasteiger partial charge in [-0.25, -0.2) is 0 Å². The number of guanidine groups is 1. The summed E-state index contributed by atoms with van der Waals surface area (Å²) in [6.07, 6.45) is 2.53. The molecule has 1 unspecified atom stereocenters. The van der Waals surface area contributed by atoms with Crippen molar-refractivity contribution in [1.82, 2.24) is 25.3 Å². The van der Waals surface area contributed by atoms with Gasteiger partial charge in [0.25, 0.3) is 0 Å². The first kappa shape index (κ1) is 17.8. The first-order valence-corrected chi connectivity index (χ1v) is 8.71. The summed E-state index contributed by atoms with van der Waals surface area (Å²) in [5.41, 5.74) is 3.54. The van der Waals surface area contributed by atoms with Crippen LogP contribution in [0, 0.1) is 19.8 Å². The van der Waals surface area contributed by atoms with E-state index < -0.39 is 0 Å². The van der Waals surface area contributed by atoms with Gasteiger partial charge < -0.3 is 15.5 Å². The van der Waals surface area contributed by atoms with Crippen molar-refractivity contribution in [3.8, 4) is 0 Å². The highest BCUT2D eigenvalue weighted by Crippen LogP contribution is 2.15. The molecule has 1 aromatic rings. The standard InChI is InChI=1S/C17H32N6/c1-6-8-23-9-7-15(12-23)10-19-17(18-4)20-11-16-13(2)21-22(5)14(16)3/h15H,6-12H2,1-5H3,(H2,18,19,20). The average molecular weight is 320 g/mol. The number of rotatable bonds is 6. The fourth-order valence-electron chi connectivity index (χ4n) is 3.31. The van der Waals surface area contributed by atoms with Gasteiger partial charge in [0.2, 0.25) is 0 Å². The predicted molar refractivity (Wildman–Crippen MR) is 95.7 cm³/mol. The second kappa shape index (κ2) is 8.34. The number of likely N-dealkylation sites (tertiary alicyclic amines) is 1. The molecule has 1 fully saturated rings. The highest BCUT2D eigenvalue weighted by molar-refractivity contribution is 5.79. The minimum atomic E-state index is 0.724. The molecular formula is C17H32N6. The number of aryl methyl sites for hydroxylation is 2. The number of nitrogens with one attached hydrogen (secondary N) is 2. The molecule has 2 rings (SSSR count). The first-order valence-electron chi connectivity index (χ1n) is 8.71. The molecule has 6 nitrogen and oxygen atoms in total. The van der Waals surface area contributed by atoms with Crippen molar-refractivity contribution < 1.29 is 0 Å². The normalized spacial score (nSPS) is 19.3. The summed E-state index contributed by atoms with van der Waals surface area (Å²) in [4.78, 5) is 6.90. The predicted octanol–water partition coefficient (Wildman–Crippen LogP) is 1.43. The Balaban J connectivity index is 1.78. The SMILES string of the molecule is CCCN1CCC(CNC(=NC)NCc2c(C)nn(C)c2C)C1. The quantitative estimate of drug-likeness (QED) is 0.615. The lowest BCUT2D eigenvalue weighted by molar-refractivity contribution is 0.324. The Morgan fingerprint density at radius 1 is 1.35 bits per heavy atom. The van der Waals surface area contributed by atoms with Crippen LogP contribution in [0.3, 0.4) is 0 Å². The van der Waals surface area contributed by atoms with Crippen molar-refractivity contribution in [2.45, 2.75) is 40.2 Å². The van der Waals surface area contributed by atoms with Crippen molar-refractivity contribution in [3.05, 3.63) is 17.0 Å². The van der Waals surface area contributed by atoms with Crippen LogP contribution in [0.25, 0.3) is 0 Å². The molecule has 1 aliphatic rings. The number of nitrogens with zero attached hydrogens (tertiary/aromatic N) is 4. The average Bonchev–Trinajstić information content (AvgIpc) is 3.06. The van der Waals surface area contributed by atoms with Crippen LogP contribution in [0.1, 0.15) is 36.7 Å². The fourth-order valence-corrected chi connectivity index (χ4v) is 3.31. The van der Waals surface area contributed by atoms with E-state index in [-0.39, 0.29) is 0 Å². The van der Waals surface area contributed by atoms with Crippen molar-refractivity contribution >= 4 is 5.96 Å². The smallest absolute Gasteiger partial charge is 0.191 e. The van der Waals surface area contributed by atoms with Crippen molar-refractivity contribution in [2.24, 2.45) is 18.0 Å². The molecule has 1 aromatic heterocycles. The van der Waals surface area contributed by atoms with E-state index in [1.54, 1.807) is 0 Å². The van der Waals surface area contributed by atoms with E-state index in [0.29, 0.717) is 0 Å². The Bertz CT molecular complexity index is 533. The lowest BCUT2D eigenvalue weighted by Gasteiger charge is -2.17. The Morgan fingerprint density at radius 2 is 2.13 bits per heavy atom. The maximum Gasteiger partial charge on any atom is 0.191 e. The van der Waals surface area contributed by atoms with Crippen LogP contribution in [0.15, 0.2) is 4.99 Å². The molecule has 130 valence electrons. The van der Waals surface area contributed by atoms with Gasteiger partial charge in [0, 0.05) is 45.0 Å².